The quantitative estimate of drug-likeness (QED) is 0.630. The van der Waals surface area contributed by atoms with Crippen molar-refractivity contribution in [2.24, 2.45) is 5.16 Å². The molecule has 0 amide bonds. The van der Waals surface area contributed by atoms with Gasteiger partial charge in [-0.05, 0) is 13.8 Å². The van der Waals surface area contributed by atoms with E-state index in [1.165, 1.54) is 13.8 Å². The average molecular weight is 191 g/mol. The number of aliphatic carboxylic acids is 1. The fraction of sp³-hybridized carbons (Fsp3) is 0.667. The smallest absolute Gasteiger partial charge is 0.323 e. The van der Waals surface area contributed by atoms with Crippen molar-refractivity contribution in [1.82, 2.24) is 0 Å². The van der Waals surface area contributed by atoms with E-state index < -0.39 is 28.1 Å². The molecule has 12 heavy (non-hydrogen) atoms. The molecule has 0 aromatic heterocycles. The number of nitrogens with zero attached hydrogens (tertiary/aromatic N) is 1. The van der Waals surface area contributed by atoms with Gasteiger partial charge in [0.05, 0.1) is 10.8 Å². The van der Waals surface area contributed by atoms with E-state index in [2.05, 4.69) is 5.16 Å². The number of carbonyl (C=O) groups is 1. The van der Waals surface area contributed by atoms with E-state index in [1.807, 2.05) is 0 Å². The summed E-state index contributed by atoms with van der Waals surface area (Å²) >= 11 is 0. The van der Waals surface area contributed by atoms with Gasteiger partial charge in [0.2, 0.25) is 0 Å². The predicted molar refractivity (Wildman–Crippen MR) is 43.2 cm³/mol. The minimum Gasteiger partial charge on any atom is -0.480 e. The van der Waals surface area contributed by atoms with Gasteiger partial charge in [0.1, 0.15) is 11.1 Å². The summed E-state index contributed by atoms with van der Waals surface area (Å²) in [6.45, 7) is 3.02. The Balaban J connectivity index is 2.93. The van der Waals surface area contributed by atoms with Gasteiger partial charge in [0.25, 0.3) is 0 Å². The number of rotatable bonds is 1. The van der Waals surface area contributed by atoms with Crippen molar-refractivity contribution in [3.63, 3.8) is 0 Å². The van der Waals surface area contributed by atoms with Gasteiger partial charge in [0, 0.05) is 0 Å². The highest BCUT2D eigenvalue weighted by atomic mass is 32.2. The average Bonchev–Trinajstić information content (AvgIpc) is 1.97. The molecule has 0 bridgehead atoms. The van der Waals surface area contributed by atoms with Crippen LogP contribution < -0.4 is 0 Å². The highest BCUT2D eigenvalue weighted by Gasteiger charge is 2.37. The zero-order chi connectivity index (χ0) is 9.30. The molecule has 0 fully saturated rings. The molecule has 3 atom stereocenters. The van der Waals surface area contributed by atoms with E-state index in [0.717, 1.165) is 0 Å². The molecule has 0 saturated carbocycles. The van der Waals surface area contributed by atoms with Crippen LogP contribution in [0.25, 0.3) is 0 Å². The lowest BCUT2D eigenvalue weighted by Gasteiger charge is -2.21. The molecule has 5 nitrogen and oxygen atoms in total. The number of hydrogen-bond donors (Lipinski definition) is 1. The second-order valence-electron chi connectivity index (χ2n) is 2.48. The van der Waals surface area contributed by atoms with E-state index in [-0.39, 0.29) is 5.04 Å². The van der Waals surface area contributed by atoms with E-state index in [1.54, 1.807) is 0 Å². The number of carboxylic acids is 1. The van der Waals surface area contributed by atoms with Gasteiger partial charge in [-0.1, -0.05) is 5.16 Å². The molecule has 0 radical (unpaired) electrons. The van der Waals surface area contributed by atoms with Crippen molar-refractivity contribution in [2.45, 2.75) is 25.2 Å². The summed E-state index contributed by atoms with van der Waals surface area (Å²) in [5.74, 6) is -1.12. The van der Waals surface area contributed by atoms with Crippen LogP contribution in [0.4, 0.5) is 0 Å². The third-order valence-electron chi connectivity index (χ3n) is 1.54. The number of carboxylic acid groups (broad SMARTS) is 1. The molecule has 0 aromatic carbocycles. The molecule has 3 unspecified atom stereocenters. The molecule has 0 aromatic rings. The second kappa shape index (κ2) is 3.22. The lowest BCUT2D eigenvalue weighted by molar-refractivity contribution is -0.139. The van der Waals surface area contributed by atoms with Gasteiger partial charge in [-0.2, -0.15) is 0 Å². The third-order valence-corrected chi connectivity index (χ3v) is 3.24. The molecule has 1 heterocycles. The first-order valence-electron chi connectivity index (χ1n) is 3.38. The molecule has 68 valence electrons. The lowest BCUT2D eigenvalue weighted by atomic mass is 10.3. The topological polar surface area (TPSA) is 76.0 Å². The van der Waals surface area contributed by atoms with Crippen LogP contribution in [0.5, 0.6) is 0 Å². The van der Waals surface area contributed by atoms with Crippen LogP contribution in [-0.4, -0.2) is 31.7 Å². The Morgan fingerprint density at radius 2 is 2.33 bits per heavy atom. The highest BCUT2D eigenvalue weighted by molar-refractivity contribution is 8.01. The first-order valence-corrected chi connectivity index (χ1v) is 4.59. The molecule has 6 heteroatoms. The van der Waals surface area contributed by atoms with Crippen molar-refractivity contribution in [3.05, 3.63) is 0 Å². The summed E-state index contributed by atoms with van der Waals surface area (Å²) in [7, 11) is -1.56. The van der Waals surface area contributed by atoms with Crippen LogP contribution >= 0.6 is 0 Å². The summed E-state index contributed by atoms with van der Waals surface area (Å²) in [5.41, 5.74) is 0. The molecular weight excluding hydrogens is 182 g/mol. The van der Waals surface area contributed by atoms with Crippen molar-refractivity contribution in [2.75, 3.05) is 0 Å². The largest absolute Gasteiger partial charge is 0.480 e. The van der Waals surface area contributed by atoms with Crippen molar-refractivity contribution in [1.29, 1.82) is 0 Å². The summed E-state index contributed by atoms with van der Waals surface area (Å²) in [4.78, 5) is 15.3. The summed E-state index contributed by atoms with van der Waals surface area (Å²) in [5, 5.41) is 11.4. The molecule has 0 aliphatic carbocycles. The fourth-order valence-electron chi connectivity index (χ4n) is 0.900. The Hall–Kier alpha value is -0.910. The number of oxime groups is 1. The molecule has 0 spiro atoms. The maximum Gasteiger partial charge on any atom is 0.323 e. The van der Waals surface area contributed by atoms with Crippen molar-refractivity contribution in [3.8, 4) is 0 Å². The first kappa shape index (κ1) is 9.18. The van der Waals surface area contributed by atoms with Gasteiger partial charge in [-0.25, -0.2) is 0 Å². The molecule has 1 rings (SSSR count). The Morgan fingerprint density at radius 3 is 2.75 bits per heavy atom. The van der Waals surface area contributed by atoms with Crippen LogP contribution in [0.3, 0.4) is 0 Å². The maximum absolute atomic E-state index is 11.3. The summed E-state index contributed by atoms with van der Waals surface area (Å²) in [6, 6.07) is 0. The van der Waals surface area contributed by atoms with Crippen molar-refractivity contribution >= 4 is 21.8 Å². The lowest BCUT2D eigenvalue weighted by Crippen LogP contribution is -2.42. The van der Waals surface area contributed by atoms with Crippen LogP contribution in [0.2, 0.25) is 0 Å². The molecular formula is C6H9NO4S. The highest BCUT2D eigenvalue weighted by Crippen LogP contribution is 2.14. The van der Waals surface area contributed by atoms with E-state index >= 15 is 0 Å². The standard InChI is InChI=1S/C6H9NO4S/c1-3-5(6(8)9)12(10)4(2)7-11-3/h3,5H,1-2H3,(H,8,9). The van der Waals surface area contributed by atoms with Gasteiger partial charge in [-0.15, -0.1) is 0 Å². The van der Waals surface area contributed by atoms with Gasteiger partial charge < -0.3 is 9.94 Å². The van der Waals surface area contributed by atoms with Gasteiger partial charge in [-0.3, -0.25) is 9.00 Å². The van der Waals surface area contributed by atoms with Gasteiger partial charge >= 0.3 is 5.97 Å². The SMILES string of the molecule is CC1=NOC(C)C(C(=O)O)S1=O. The first-order chi connectivity index (χ1) is 5.54. The third kappa shape index (κ3) is 1.47. The monoisotopic (exact) mass is 191 g/mol. The molecule has 1 aliphatic heterocycles. The van der Waals surface area contributed by atoms with E-state index in [9.17, 15) is 9.00 Å². The van der Waals surface area contributed by atoms with Crippen LogP contribution in [-0.2, 0) is 20.4 Å². The molecule has 0 saturated heterocycles. The van der Waals surface area contributed by atoms with Crippen molar-refractivity contribution < 1.29 is 18.9 Å². The molecule has 1 N–H and O–H groups in total. The van der Waals surface area contributed by atoms with Crippen LogP contribution in [0.15, 0.2) is 5.16 Å². The van der Waals surface area contributed by atoms with E-state index in [0.29, 0.717) is 0 Å². The van der Waals surface area contributed by atoms with Crippen LogP contribution in [0, 0.1) is 0 Å². The zero-order valence-corrected chi connectivity index (χ0v) is 7.50. The summed E-state index contributed by atoms with van der Waals surface area (Å²) in [6.07, 6.45) is -0.632. The minimum atomic E-state index is -1.56. The predicted octanol–water partition coefficient (Wildman–Crippen LogP) is -0.0596. The van der Waals surface area contributed by atoms with Crippen LogP contribution in [0.1, 0.15) is 13.8 Å². The maximum atomic E-state index is 11.3. The Bertz CT molecular complexity index is 262. The zero-order valence-electron chi connectivity index (χ0n) is 6.68. The Labute approximate surface area is 71.9 Å². The van der Waals surface area contributed by atoms with E-state index in [4.69, 9.17) is 9.94 Å². The summed E-state index contributed by atoms with van der Waals surface area (Å²) < 4.78 is 11.3. The van der Waals surface area contributed by atoms with Gasteiger partial charge in [0.15, 0.2) is 5.25 Å². The molecule has 1 aliphatic rings. The minimum absolute atomic E-state index is 0.223. The Morgan fingerprint density at radius 1 is 1.75 bits per heavy atom. The Kier molecular flexibility index (Phi) is 2.46. The normalized spacial score (nSPS) is 35.2. The fourth-order valence-corrected chi connectivity index (χ4v) is 1.96. The second-order valence-corrected chi connectivity index (χ2v) is 4.17. The number of hydrogen-bond acceptors (Lipinski definition) is 4.